The van der Waals surface area contributed by atoms with Gasteiger partial charge in [0.05, 0.1) is 11.1 Å². The van der Waals surface area contributed by atoms with Crippen LogP contribution < -0.4 is 5.32 Å². The molecular weight excluding hydrogens is 518 g/mol. The summed E-state index contributed by atoms with van der Waals surface area (Å²) >= 11 is -1.26. The molecule has 5 rings (SSSR count). The van der Waals surface area contributed by atoms with Crippen LogP contribution in [0.15, 0.2) is 83.9 Å². The summed E-state index contributed by atoms with van der Waals surface area (Å²) in [4.78, 5) is 19.4. The standard InChI is InChI=1S/C28H23F4N3O2S/c29-20-4-8-22(9-5-20)38(37)23-12-15-35(16-13-23)27(36)18-1-6-21(7-2-18)34-25-11-14-33-26-17-19(28(30,31)32)3-10-24(25)26/h1-11,14,17,23H,12-13,15-16H2,(H,33,34). The van der Waals surface area contributed by atoms with E-state index in [1.165, 1.54) is 36.5 Å². The lowest BCUT2D eigenvalue weighted by molar-refractivity contribution is -0.137. The molecule has 196 valence electrons. The summed E-state index contributed by atoms with van der Waals surface area (Å²) in [7, 11) is 0. The monoisotopic (exact) mass is 541 g/mol. The highest BCUT2D eigenvalue weighted by Crippen LogP contribution is 2.33. The van der Waals surface area contributed by atoms with E-state index in [0.29, 0.717) is 53.2 Å². The minimum Gasteiger partial charge on any atom is -0.611 e. The van der Waals surface area contributed by atoms with Gasteiger partial charge >= 0.3 is 6.18 Å². The van der Waals surface area contributed by atoms with Gasteiger partial charge in [-0.3, -0.25) is 9.78 Å². The second kappa shape index (κ2) is 10.6. The third-order valence-electron chi connectivity index (χ3n) is 6.56. The number of hydrogen-bond donors (Lipinski definition) is 1. The molecule has 0 radical (unpaired) electrons. The third kappa shape index (κ3) is 5.61. The number of alkyl halides is 3. The van der Waals surface area contributed by atoms with E-state index in [9.17, 15) is 26.9 Å². The van der Waals surface area contributed by atoms with Crippen LogP contribution in [-0.2, 0) is 17.4 Å². The summed E-state index contributed by atoms with van der Waals surface area (Å²) in [6.07, 6.45) is -1.84. The van der Waals surface area contributed by atoms with E-state index in [-0.39, 0.29) is 22.5 Å². The lowest BCUT2D eigenvalue weighted by Gasteiger charge is -2.32. The molecule has 0 aliphatic carbocycles. The predicted molar refractivity (Wildman–Crippen MR) is 138 cm³/mol. The average molecular weight is 542 g/mol. The van der Waals surface area contributed by atoms with E-state index >= 15 is 0 Å². The van der Waals surface area contributed by atoms with Gasteiger partial charge in [0.1, 0.15) is 11.1 Å². The number of hydrogen-bond acceptors (Lipinski definition) is 4. The molecular formula is C28H23F4N3O2S. The fourth-order valence-electron chi connectivity index (χ4n) is 4.50. The summed E-state index contributed by atoms with van der Waals surface area (Å²) < 4.78 is 65.1. The van der Waals surface area contributed by atoms with E-state index < -0.39 is 22.9 Å². The molecule has 1 unspecified atom stereocenters. The molecule has 4 aromatic rings. The Morgan fingerprint density at radius 3 is 2.32 bits per heavy atom. The molecule has 10 heteroatoms. The summed E-state index contributed by atoms with van der Waals surface area (Å²) in [5.74, 6) is -0.502. The predicted octanol–water partition coefficient (Wildman–Crippen LogP) is 6.55. The van der Waals surface area contributed by atoms with Crippen molar-refractivity contribution >= 4 is 39.4 Å². The smallest absolute Gasteiger partial charge is 0.416 e. The molecule has 1 fully saturated rings. The summed E-state index contributed by atoms with van der Waals surface area (Å²) in [5.41, 5.74) is 1.23. The molecule has 1 N–H and O–H groups in total. The van der Waals surface area contributed by atoms with Gasteiger partial charge in [-0.05, 0) is 77.9 Å². The summed E-state index contributed by atoms with van der Waals surface area (Å²) in [5, 5.41) is 3.63. The molecule has 1 aliphatic rings. The Morgan fingerprint density at radius 2 is 1.66 bits per heavy atom. The first-order valence-electron chi connectivity index (χ1n) is 12.0. The van der Waals surface area contributed by atoms with Crippen molar-refractivity contribution in [1.82, 2.24) is 9.88 Å². The molecule has 0 spiro atoms. The molecule has 0 bridgehead atoms. The molecule has 1 aliphatic heterocycles. The Kier molecular flexibility index (Phi) is 7.27. The average Bonchev–Trinajstić information content (AvgIpc) is 2.92. The van der Waals surface area contributed by atoms with Crippen LogP contribution in [0.1, 0.15) is 28.8 Å². The van der Waals surface area contributed by atoms with E-state index in [1.807, 2.05) is 0 Å². The largest absolute Gasteiger partial charge is 0.611 e. The van der Waals surface area contributed by atoms with E-state index in [1.54, 1.807) is 35.2 Å². The number of nitrogens with zero attached hydrogens (tertiary/aromatic N) is 2. The number of benzene rings is 3. The van der Waals surface area contributed by atoms with Gasteiger partial charge in [-0.2, -0.15) is 13.2 Å². The number of likely N-dealkylation sites (tertiary alicyclic amines) is 1. The Morgan fingerprint density at radius 1 is 0.974 bits per heavy atom. The van der Waals surface area contributed by atoms with Crippen LogP contribution in [0.4, 0.5) is 28.9 Å². The maximum atomic E-state index is 13.2. The number of carbonyl (C=O) groups excluding carboxylic acids is 1. The number of fused-ring (bicyclic) bond motifs is 1. The van der Waals surface area contributed by atoms with Gasteiger partial charge < -0.3 is 14.8 Å². The zero-order valence-electron chi connectivity index (χ0n) is 20.0. The van der Waals surface area contributed by atoms with Gasteiger partial charge in [-0.25, -0.2) is 4.39 Å². The number of piperidine rings is 1. The fraction of sp³-hybridized carbons (Fsp3) is 0.214. The fourth-order valence-corrected chi connectivity index (χ4v) is 5.93. The quantitative estimate of drug-likeness (QED) is 0.230. The highest BCUT2D eigenvalue weighted by Gasteiger charge is 2.32. The van der Waals surface area contributed by atoms with Crippen molar-refractivity contribution in [2.75, 3.05) is 18.4 Å². The minimum absolute atomic E-state index is 0.0986. The molecule has 1 amide bonds. The first-order valence-corrected chi connectivity index (χ1v) is 13.2. The van der Waals surface area contributed by atoms with Crippen molar-refractivity contribution in [1.29, 1.82) is 0 Å². The Bertz CT molecular complexity index is 1440. The van der Waals surface area contributed by atoms with Crippen LogP contribution in [-0.4, -0.2) is 38.7 Å². The number of nitrogens with one attached hydrogen (secondary N) is 1. The second-order valence-electron chi connectivity index (χ2n) is 9.03. The highest BCUT2D eigenvalue weighted by atomic mass is 32.2. The number of anilines is 2. The van der Waals surface area contributed by atoms with Gasteiger partial charge in [0.2, 0.25) is 0 Å². The van der Waals surface area contributed by atoms with Gasteiger partial charge in [-0.15, -0.1) is 0 Å². The van der Waals surface area contributed by atoms with Crippen LogP contribution in [0.2, 0.25) is 0 Å². The van der Waals surface area contributed by atoms with Crippen molar-refractivity contribution in [3.8, 4) is 0 Å². The normalized spacial score (nSPS) is 15.4. The SMILES string of the molecule is O=C(c1ccc(Nc2ccnc3cc(C(F)(F)F)ccc23)cc1)N1CCC([S+]([O-])c2ccc(F)cc2)CC1. The van der Waals surface area contributed by atoms with E-state index in [4.69, 9.17) is 0 Å². The number of rotatable bonds is 5. The topological polar surface area (TPSA) is 68.3 Å². The summed E-state index contributed by atoms with van der Waals surface area (Å²) in [6, 6.07) is 17.6. The number of pyridine rings is 1. The summed E-state index contributed by atoms with van der Waals surface area (Å²) in [6.45, 7) is 0.943. The molecule has 0 saturated carbocycles. The molecule has 2 heterocycles. The lowest BCUT2D eigenvalue weighted by atomic mass is 10.1. The number of halogens is 4. The van der Waals surface area contributed by atoms with Gasteiger partial charge in [0.15, 0.2) is 4.90 Å². The maximum absolute atomic E-state index is 13.2. The lowest BCUT2D eigenvalue weighted by Crippen LogP contribution is -2.42. The second-order valence-corrected chi connectivity index (χ2v) is 10.8. The van der Waals surface area contributed by atoms with Crippen LogP contribution >= 0.6 is 0 Å². The Balaban J connectivity index is 1.22. The van der Waals surface area contributed by atoms with Crippen molar-refractivity contribution in [3.05, 3.63) is 95.9 Å². The van der Waals surface area contributed by atoms with Crippen molar-refractivity contribution in [3.63, 3.8) is 0 Å². The molecule has 1 saturated heterocycles. The van der Waals surface area contributed by atoms with E-state index in [2.05, 4.69) is 10.3 Å². The molecule has 3 aromatic carbocycles. The van der Waals surface area contributed by atoms with Crippen molar-refractivity contribution < 1.29 is 26.9 Å². The first-order chi connectivity index (χ1) is 18.2. The first kappa shape index (κ1) is 26.0. The van der Waals surface area contributed by atoms with E-state index in [0.717, 1.165) is 12.1 Å². The maximum Gasteiger partial charge on any atom is 0.416 e. The third-order valence-corrected chi connectivity index (χ3v) is 8.37. The van der Waals surface area contributed by atoms with Crippen molar-refractivity contribution in [2.45, 2.75) is 29.2 Å². The molecule has 38 heavy (non-hydrogen) atoms. The number of amides is 1. The van der Waals surface area contributed by atoms with Gasteiger partial charge in [0, 0.05) is 54.5 Å². The number of aromatic nitrogens is 1. The highest BCUT2D eigenvalue weighted by molar-refractivity contribution is 7.92. The zero-order valence-corrected chi connectivity index (χ0v) is 20.9. The molecule has 5 nitrogen and oxygen atoms in total. The van der Waals surface area contributed by atoms with Gasteiger partial charge in [0.25, 0.3) is 5.91 Å². The Labute approximate surface area is 219 Å². The molecule has 1 atom stereocenters. The Hall–Kier alpha value is -3.63. The van der Waals surface area contributed by atoms with Gasteiger partial charge in [-0.1, -0.05) is 6.07 Å². The van der Waals surface area contributed by atoms with Crippen LogP contribution in [0.3, 0.4) is 0 Å². The molecule has 1 aromatic heterocycles. The van der Waals surface area contributed by atoms with Crippen LogP contribution in [0, 0.1) is 5.82 Å². The zero-order chi connectivity index (χ0) is 26.9. The number of carbonyl (C=O) groups is 1. The van der Waals surface area contributed by atoms with Crippen LogP contribution in [0.5, 0.6) is 0 Å². The van der Waals surface area contributed by atoms with Crippen LogP contribution in [0.25, 0.3) is 10.9 Å². The van der Waals surface area contributed by atoms with Crippen molar-refractivity contribution in [2.24, 2.45) is 0 Å². The minimum atomic E-state index is -4.45.